The maximum Gasteiger partial charge on any atom is 0.318 e. The van der Waals surface area contributed by atoms with Gasteiger partial charge in [-0.3, -0.25) is 9.59 Å². The van der Waals surface area contributed by atoms with E-state index in [1.165, 1.54) is 5.57 Å². The van der Waals surface area contributed by atoms with Crippen LogP contribution in [-0.2, 0) is 14.3 Å². The van der Waals surface area contributed by atoms with Gasteiger partial charge in [0.1, 0.15) is 0 Å². The fourth-order valence-electron chi connectivity index (χ4n) is 3.07. The van der Waals surface area contributed by atoms with Crippen molar-refractivity contribution in [3.05, 3.63) is 11.6 Å². The van der Waals surface area contributed by atoms with Crippen LogP contribution in [0.4, 0.5) is 0 Å². The summed E-state index contributed by atoms with van der Waals surface area (Å²) in [5.41, 5.74) is 1.26. The maximum absolute atomic E-state index is 11.3. The van der Waals surface area contributed by atoms with E-state index < -0.39 is 0 Å². The van der Waals surface area contributed by atoms with Crippen molar-refractivity contribution in [2.45, 2.75) is 13.3 Å². The van der Waals surface area contributed by atoms with Gasteiger partial charge in [-0.2, -0.15) is 0 Å². The van der Waals surface area contributed by atoms with Crippen LogP contribution in [-0.4, -0.2) is 11.9 Å². The zero-order chi connectivity index (χ0) is 9.16. The second-order valence-corrected chi connectivity index (χ2v) is 4.21. The van der Waals surface area contributed by atoms with E-state index in [1.807, 2.05) is 6.92 Å². The summed E-state index contributed by atoms with van der Waals surface area (Å²) in [6.07, 6.45) is 3.10. The highest BCUT2D eigenvalue weighted by Gasteiger charge is 2.59. The van der Waals surface area contributed by atoms with Gasteiger partial charge in [-0.05, 0) is 25.2 Å². The standard InChI is InChI=1S/C10H10O3/c1-4-2-5-3-6(4)8-7(5)9(11)13-10(8)12/h2,5-8H,3H2,1H3/t5-,6+,7+,8+/m1/s1. The maximum atomic E-state index is 11.3. The first-order valence-corrected chi connectivity index (χ1v) is 4.62. The van der Waals surface area contributed by atoms with Crippen LogP contribution in [0, 0.1) is 23.7 Å². The predicted molar refractivity (Wildman–Crippen MR) is 43.4 cm³/mol. The minimum atomic E-state index is -0.300. The van der Waals surface area contributed by atoms with Crippen molar-refractivity contribution in [1.82, 2.24) is 0 Å². The van der Waals surface area contributed by atoms with Crippen LogP contribution in [0.25, 0.3) is 0 Å². The van der Waals surface area contributed by atoms with Gasteiger partial charge >= 0.3 is 11.9 Å². The van der Waals surface area contributed by atoms with Crippen molar-refractivity contribution >= 4 is 11.9 Å². The topological polar surface area (TPSA) is 43.4 Å². The zero-order valence-corrected chi connectivity index (χ0v) is 7.32. The predicted octanol–water partition coefficient (Wildman–Crippen LogP) is 0.898. The van der Waals surface area contributed by atoms with Crippen LogP contribution in [0.5, 0.6) is 0 Å². The quantitative estimate of drug-likeness (QED) is 0.314. The lowest BCUT2D eigenvalue weighted by molar-refractivity contribution is -0.154. The van der Waals surface area contributed by atoms with Crippen molar-refractivity contribution in [2.75, 3.05) is 0 Å². The molecule has 0 aromatic carbocycles. The van der Waals surface area contributed by atoms with Gasteiger partial charge in [0, 0.05) is 0 Å². The normalized spacial score (nSPS) is 46.4. The lowest BCUT2D eigenvalue weighted by Crippen LogP contribution is -2.23. The Balaban J connectivity index is 2.08. The van der Waals surface area contributed by atoms with E-state index >= 15 is 0 Å². The molecule has 3 nitrogen and oxygen atoms in total. The summed E-state index contributed by atoms with van der Waals surface area (Å²) in [7, 11) is 0. The summed E-state index contributed by atoms with van der Waals surface area (Å²) in [6, 6.07) is 0. The Labute approximate surface area is 75.8 Å². The molecular formula is C10H10O3. The minimum Gasteiger partial charge on any atom is -0.393 e. The Hall–Kier alpha value is -1.12. The van der Waals surface area contributed by atoms with Crippen molar-refractivity contribution < 1.29 is 14.3 Å². The van der Waals surface area contributed by atoms with Gasteiger partial charge in [-0.15, -0.1) is 0 Å². The number of carbonyl (C=O) groups is 2. The molecule has 2 fully saturated rings. The van der Waals surface area contributed by atoms with Gasteiger partial charge in [0.2, 0.25) is 0 Å². The van der Waals surface area contributed by atoms with Crippen molar-refractivity contribution in [3.8, 4) is 0 Å². The number of hydrogen-bond donors (Lipinski definition) is 0. The van der Waals surface area contributed by atoms with E-state index in [1.54, 1.807) is 0 Å². The third-order valence-corrected chi connectivity index (χ3v) is 3.62. The summed E-state index contributed by atoms with van der Waals surface area (Å²) < 4.78 is 4.65. The van der Waals surface area contributed by atoms with E-state index in [0.717, 1.165) is 6.42 Å². The molecule has 1 aliphatic heterocycles. The van der Waals surface area contributed by atoms with Crippen LogP contribution in [0.2, 0.25) is 0 Å². The van der Waals surface area contributed by atoms with Gasteiger partial charge in [-0.25, -0.2) is 0 Å². The first-order chi connectivity index (χ1) is 6.18. The first-order valence-electron chi connectivity index (χ1n) is 4.62. The van der Waals surface area contributed by atoms with E-state index in [2.05, 4.69) is 10.8 Å². The molecule has 2 bridgehead atoms. The molecule has 1 saturated carbocycles. The summed E-state index contributed by atoms with van der Waals surface area (Å²) in [5.74, 6) is -0.340. The summed E-state index contributed by atoms with van der Waals surface area (Å²) in [4.78, 5) is 22.6. The number of hydrogen-bond acceptors (Lipinski definition) is 3. The first kappa shape index (κ1) is 7.30. The fraction of sp³-hybridized carbons (Fsp3) is 0.600. The molecule has 3 aliphatic rings. The molecule has 0 amide bonds. The lowest BCUT2D eigenvalue weighted by atomic mass is 9.82. The van der Waals surface area contributed by atoms with Gasteiger partial charge in [0.15, 0.2) is 0 Å². The zero-order valence-electron chi connectivity index (χ0n) is 7.32. The largest absolute Gasteiger partial charge is 0.393 e. The molecule has 0 radical (unpaired) electrons. The third-order valence-electron chi connectivity index (χ3n) is 3.62. The Morgan fingerprint density at radius 2 is 2.00 bits per heavy atom. The molecule has 0 N–H and O–H groups in total. The monoisotopic (exact) mass is 178 g/mol. The van der Waals surface area contributed by atoms with Crippen LogP contribution in [0.1, 0.15) is 13.3 Å². The molecule has 1 heterocycles. The molecule has 2 aliphatic carbocycles. The fourth-order valence-corrected chi connectivity index (χ4v) is 3.07. The number of allylic oxidation sites excluding steroid dienone is 2. The molecule has 4 atom stereocenters. The Morgan fingerprint density at radius 1 is 1.31 bits per heavy atom. The van der Waals surface area contributed by atoms with Crippen LogP contribution in [0.15, 0.2) is 11.6 Å². The third kappa shape index (κ3) is 0.705. The Bertz CT molecular complexity index is 342. The van der Waals surface area contributed by atoms with Crippen LogP contribution >= 0.6 is 0 Å². The molecular weight excluding hydrogens is 168 g/mol. The van der Waals surface area contributed by atoms with Gasteiger partial charge in [0.25, 0.3) is 0 Å². The van der Waals surface area contributed by atoms with Crippen molar-refractivity contribution in [2.24, 2.45) is 23.7 Å². The van der Waals surface area contributed by atoms with Gasteiger partial charge in [-0.1, -0.05) is 11.6 Å². The average Bonchev–Trinajstić information content (AvgIpc) is 2.64. The minimum absolute atomic E-state index is 0.150. The van der Waals surface area contributed by atoms with E-state index in [9.17, 15) is 9.59 Å². The van der Waals surface area contributed by atoms with Crippen molar-refractivity contribution in [1.29, 1.82) is 0 Å². The van der Waals surface area contributed by atoms with Gasteiger partial charge < -0.3 is 4.74 Å². The number of ether oxygens (including phenoxy) is 1. The van der Waals surface area contributed by atoms with Crippen LogP contribution < -0.4 is 0 Å². The number of carbonyl (C=O) groups excluding carboxylic acids is 2. The number of fused-ring (bicyclic) bond motifs is 5. The second kappa shape index (κ2) is 2.03. The van der Waals surface area contributed by atoms with E-state index in [0.29, 0.717) is 0 Å². The number of rotatable bonds is 0. The second-order valence-electron chi connectivity index (χ2n) is 4.21. The highest BCUT2D eigenvalue weighted by molar-refractivity contribution is 5.98. The molecule has 68 valence electrons. The molecule has 3 heteroatoms. The molecule has 0 unspecified atom stereocenters. The molecule has 0 aromatic heterocycles. The lowest BCUT2D eigenvalue weighted by Gasteiger charge is -2.17. The molecule has 0 aromatic rings. The smallest absolute Gasteiger partial charge is 0.318 e. The molecule has 0 spiro atoms. The highest BCUT2D eigenvalue weighted by atomic mass is 16.6. The van der Waals surface area contributed by atoms with Gasteiger partial charge in [0.05, 0.1) is 11.8 Å². The van der Waals surface area contributed by atoms with E-state index in [-0.39, 0.29) is 35.6 Å². The number of cyclic esters (lactones) is 2. The summed E-state index contributed by atoms with van der Waals surface area (Å²) in [6.45, 7) is 2.04. The average molecular weight is 178 g/mol. The van der Waals surface area contributed by atoms with Crippen molar-refractivity contribution in [3.63, 3.8) is 0 Å². The Kier molecular flexibility index (Phi) is 1.14. The Morgan fingerprint density at radius 3 is 2.77 bits per heavy atom. The van der Waals surface area contributed by atoms with Crippen LogP contribution in [0.3, 0.4) is 0 Å². The SMILES string of the molecule is CC1=C[C@@H]2C[C@@H]1[C@@H]1C(=O)OC(=O)[C@H]12. The molecule has 13 heavy (non-hydrogen) atoms. The molecule has 3 rings (SSSR count). The highest BCUT2D eigenvalue weighted by Crippen LogP contribution is 2.54. The number of esters is 2. The molecule has 1 saturated heterocycles. The van der Waals surface area contributed by atoms with E-state index in [4.69, 9.17) is 0 Å². The summed E-state index contributed by atoms with van der Waals surface area (Å²) >= 11 is 0. The summed E-state index contributed by atoms with van der Waals surface area (Å²) in [5, 5.41) is 0.